The summed E-state index contributed by atoms with van der Waals surface area (Å²) in [6, 6.07) is 13.1. The number of carbonyl (C=O) groups excluding carboxylic acids is 2. The monoisotopic (exact) mass is 911 g/mol. The molecular weight excluding hydrogens is 862 g/mol. The van der Waals surface area contributed by atoms with Gasteiger partial charge in [0, 0.05) is 48.3 Å². The molecule has 1 saturated heterocycles. The lowest BCUT2D eigenvalue weighted by atomic mass is 9.68. The van der Waals surface area contributed by atoms with E-state index in [1.807, 2.05) is 31.2 Å². The lowest BCUT2D eigenvalue weighted by molar-refractivity contribution is -0.172. The van der Waals surface area contributed by atoms with Gasteiger partial charge in [0.2, 0.25) is 0 Å². The molecule has 17 heteroatoms. The van der Waals surface area contributed by atoms with E-state index in [0.717, 1.165) is 73.0 Å². The van der Waals surface area contributed by atoms with Crippen molar-refractivity contribution in [2.24, 2.45) is 5.41 Å². The first-order valence-electron chi connectivity index (χ1n) is 23.0. The van der Waals surface area contributed by atoms with Crippen molar-refractivity contribution < 1.29 is 38.8 Å². The molecule has 67 heavy (non-hydrogen) atoms. The number of alkyl carbamates (subject to hydrolysis) is 1. The quantitative estimate of drug-likeness (QED) is 0.108. The average molecular weight is 912 g/mol. The molecule has 2 fully saturated rings. The van der Waals surface area contributed by atoms with Gasteiger partial charge in [0.05, 0.1) is 46.3 Å². The maximum absolute atomic E-state index is 15.4. The lowest BCUT2D eigenvalue weighted by Crippen LogP contribution is -2.57. The van der Waals surface area contributed by atoms with Crippen molar-refractivity contribution >= 4 is 23.0 Å². The molecule has 0 bridgehead atoms. The summed E-state index contributed by atoms with van der Waals surface area (Å²) in [6.07, 6.45) is 4.03. The van der Waals surface area contributed by atoms with Crippen LogP contribution in [0.4, 0.5) is 9.18 Å². The average Bonchev–Trinajstić information content (AvgIpc) is 3.87. The number of nitrogens with one attached hydrogen (secondary N) is 2. The molecule has 11 rings (SSSR count). The molecule has 2 atom stereocenters. The van der Waals surface area contributed by atoms with Gasteiger partial charge in [0.25, 0.3) is 5.56 Å². The molecule has 0 radical (unpaired) electrons. The number of aromatic nitrogens is 5. The Labute approximate surface area is 383 Å². The second-order valence-electron chi connectivity index (χ2n) is 19.0. The minimum atomic E-state index is -1.99. The van der Waals surface area contributed by atoms with Gasteiger partial charge >= 0.3 is 17.8 Å². The van der Waals surface area contributed by atoms with E-state index < -0.39 is 40.8 Å². The fourth-order valence-electron chi connectivity index (χ4n) is 11.5. The van der Waals surface area contributed by atoms with Crippen molar-refractivity contribution in [3.63, 3.8) is 0 Å². The van der Waals surface area contributed by atoms with Crippen LogP contribution >= 0.6 is 0 Å². The molecule has 346 valence electrons. The van der Waals surface area contributed by atoms with Crippen LogP contribution in [0.15, 0.2) is 58.1 Å². The number of pyridine rings is 2. The van der Waals surface area contributed by atoms with Crippen LogP contribution in [-0.2, 0) is 52.4 Å². The number of hydrogen-bond donors (Lipinski definition) is 5. The zero-order valence-electron chi connectivity index (χ0n) is 37.4. The van der Waals surface area contributed by atoms with E-state index in [9.17, 15) is 34.5 Å². The molecule has 3 aliphatic heterocycles. The maximum Gasteiger partial charge on any atom is 0.407 e. The summed E-state index contributed by atoms with van der Waals surface area (Å²) in [5, 5.41) is 42.8. The van der Waals surface area contributed by atoms with Crippen LogP contribution in [0, 0.1) is 18.2 Å². The highest BCUT2D eigenvalue weighted by atomic mass is 19.1. The Morgan fingerprint density at radius 3 is 2.49 bits per heavy atom. The van der Waals surface area contributed by atoms with Gasteiger partial charge in [-0.3, -0.25) is 9.69 Å². The lowest BCUT2D eigenvalue weighted by Gasteiger charge is -2.53. The fourth-order valence-corrected chi connectivity index (χ4v) is 11.5. The van der Waals surface area contributed by atoms with Crippen LogP contribution in [0.3, 0.4) is 0 Å². The second kappa shape index (κ2) is 15.6. The van der Waals surface area contributed by atoms with Crippen LogP contribution in [0.25, 0.3) is 39.4 Å². The number of phenols is 2. The van der Waals surface area contributed by atoms with Gasteiger partial charge in [-0.1, -0.05) is 26.0 Å². The number of aryl methyl sites for hydroxylation is 2. The predicted octanol–water partition coefficient (Wildman–Crippen LogP) is 6.20. The highest BCUT2D eigenvalue weighted by molar-refractivity contribution is 5.93. The molecule has 1 spiro atoms. The molecule has 2 aliphatic carbocycles. The normalized spacial score (nSPS) is 20.6. The third-order valence-electron chi connectivity index (χ3n) is 15.1. The number of rotatable bonds is 8. The number of ether oxygens (including phenoxy) is 2. The third kappa shape index (κ3) is 6.75. The Balaban J connectivity index is 0.752. The number of H-pyrrole nitrogens is 1. The molecule has 3 aromatic carbocycles. The molecule has 1 saturated carbocycles. The smallest absolute Gasteiger partial charge is 0.407 e. The summed E-state index contributed by atoms with van der Waals surface area (Å²) in [4.78, 5) is 60.7. The molecule has 6 aromatic rings. The summed E-state index contributed by atoms with van der Waals surface area (Å²) in [7, 11) is 0. The number of fused-ring (bicyclic) bond motifs is 5. The van der Waals surface area contributed by atoms with Gasteiger partial charge < -0.3 is 34.7 Å². The zero-order valence-corrected chi connectivity index (χ0v) is 37.4. The Morgan fingerprint density at radius 1 is 1.00 bits per heavy atom. The molecule has 16 nitrogen and oxygen atoms in total. The van der Waals surface area contributed by atoms with Gasteiger partial charge in [-0.2, -0.15) is 5.10 Å². The van der Waals surface area contributed by atoms with Gasteiger partial charge in [0.15, 0.2) is 11.4 Å². The SMILES string of the molecule is CCc1cc(-c2n[nH]c(=O)n2-c2ccc(CN3CC4(CCC(OC(=O)NC5CCc6c(C)c(F)cc7nc8c(c5c67)Cn5c-8cc6c(c5=O)COC(=O)[C@]6(O)CC)CC4)C3)cc2)c(O)cc1O. The number of halogens is 1. The summed E-state index contributed by atoms with van der Waals surface area (Å²) >= 11 is 0. The van der Waals surface area contributed by atoms with Crippen molar-refractivity contribution in [2.75, 3.05) is 13.1 Å². The van der Waals surface area contributed by atoms with Gasteiger partial charge in [-0.25, -0.2) is 33.4 Å². The topological polar surface area (TPSA) is 214 Å². The number of amides is 1. The van der Waals surface area contributed by atoms with E-state index >= 15 is 4.39 Å². The van der Waals surface area contributed by atoms with Crippen LogP contribution in [0.1, 0.15) is 103 Å². The minimum Gasteiger partial charge on any atom is -0.508 e. The van der Waals surface area contributed by atoms with E-state index in [-0.39, 0.29) is 59.5 Å². The van der Waals surface area contributed by atoms with Crippen molar-refractivity contribution in [3.05, 3.63) is 120 Å². The first-order valence-corrected chi connectivity index (χ1v) is 23.0. The largest absolute Gasteiger partial charge is 0.508 e. The number of carbonyl (C=O) groups is 2. The highest BCUT2D eigenvalue weighted by Gasteiger charge is 2.47. The number of cyclic esters (lactones) is 1. The highest BCUT2D eigenvalue weighted by Crippen LogP contribution is 2.48. The molecule has 6 heterocycles. The summed E-state index contributed by atoms with van der Waals surface area (Å²) in [5.41, 5.74) is 4.41. The number of aromatic hydroxyl groups is 2. The number of aliphatic hydroxyl groups is 1. The number of benzene rings is 3. The Bertz CT molecular complexity index is 3200. The Hall–Kier alpha value is -6.85. The predicted molar refractivity (Wildman–Crippen MR) is 242 cm³/mol. The molecule has 3 aromatic heterocycles. The first kappa shape index (κ1) is 42.8. The first-order chi connectivity index (χ1) is 32.2. The molecular formula is C50H50FN7O9. The number of hydrogen-bond acceptors (Lipinski definition) is 12. The maximum atomic E-state index is 15.4. The van der Waals surface area contributed by atoms with E-state index in [0.29, 0.717) is 58.5 Å². The summed E-state index contributed by atoms with van der Waals surface area (Å²) in [6.45, 7) is 7.73. The summed E-state index contributed by atoms with van der Waals surface area (Å²) in [5.74, 6) is -1.17. The fraction of sp³-hybridized carbons (Fsp3) is 0.400. The van der Waals surface area contributed by atoms with Crippen LogP contribution in [-0.4, -0.2) is 75.8 Å². The molecule has 1 unspecified atom stereocenters. The van der Waals surface area contributed by atoms with Crippen molar-refractivity contribution in [1.82, 2.24) is 34.5 Å². The molecule has 5 aliphatic rings. The minimum absolute atomic E-state index is 0.00327. The zero-order chi connectivity index (χ0) is 46.7. The Morgan fingerprint density at radius 2 is 1.76 bits per heavy atom. The van der Waals surface area contributed by atoms with Gasteiger partial charge in [-0.15, -0.1) is 0 Å². The molecule has 5 N–H and O–H groups in total. The Kier molecular flexibility index (Phi) is 9.97. The van der Waals surface area contributed by atoms with Crippen molar-refractivity contribution in [3.8, 4) is 40.0 Å². The number of phenolic OH excluding ortho intramolecular Hbond substituents is 2. The van der Waals surface area contributed by atoms with Crippen molar-refractivity contribution in [2.45, 2.75) is 110 Å². The third-order valence-corrected chi connectivity index (χ3v) is 15.1. The number of esters is 1. The van der Waals surface area contributed by atoms with Crippen LogP contribution in [0.5, 0.6) is 11.5 Å². The van der Waals surface area contributed by atoms with E-state index in [1.54, 1.807) is 30.5 Å². The standard InChI is InChI=1S/C50H50FN7O9/c1-4-27-16-31(40(60)19-39(27)59)44-54-55-47(63)58(44)28-8-6-26(7-9-28)20-56-23-49(24-56)14-12-29(13-15-49)67-48(64)53-36-11-10-30-25(3)35(51)18-37-41(30)42(36)32-21-57-38(43(32)52-37)17-34-33(45(57)61)22-66-46(62)50(34,65)5-2/h6-9,16-19,29,36,59-60,65H,4-5,10-15,20-24H2,1-3H3,(H,53,64)(H,55,63)/t36?,50-/m0/s1. The van der Waals surface area contributed by atoms with E-state index in [1.165, 1.54) is 16.7 Å². The van der Waals surface area contributed by atoms with Crippen LogP contribution < -0.4 is 16.6 Å². The number of likely N-dealkylation sites (tertiary alicyclic amines) is 1. The molecule has 1 amide bonds. The second-order valence-corrected chi connectivity index (χ2v) is 19.0. The van der Waals surface area contributed by atoms with E-state index in [4.69, 9.17) is 14.5 Å². The van der Waals surface area contributed by atoms with Gasteiger partial charge in [-0.05, 0) is 116 Å². The van der Waals surface area contributed by atoms with Gasteiger partial charge in [0.1, 0.15) is 30.0 Å². The number of aromatic amines is 1. The number of nitrogens with zero attached hydrogens (tertiary/aromatic N) is 5. The van der Waals surface area contributed by atoms with E-state index in [2.05, 4.69) is 20.4 Å². The van der Waals surface area contributed by atoms with Crippen LogP contribution in [0.2, 0.25) is 0 Å². The van der Waals surface area contributed by atoms with Crippen molar-refractivity contribution in [1.29, 1.82) is 0 Å². The summed E-state index contributed by atoms with van der Waals surface area (Å²) < 4.78 is 29.7.